The fourth-order valence-electron chi connectivity index (χ4n) is 1.18. The Balaban J connectivity index is 2.92. The third kappa shape index (κ3) is 3.50. The lowest BCUT2D eigenvalue weighted by atomic mass is 10.1. The van der Waals surface area contributed by atoms with Crippen molar-refractivity contribution in [3.8, 4) is 0 Å². The van der Waals surface area contributed by atoms with Gasteiger partial charge in [0.15, 0.2) is 0 Å². The van der Waals surface area contributed by atoms with E-state index in [1.165, 1.54) is 0 Å². The van der Waals surface area contributed by atoms with Crippen LogP contribution in [0.4, 0.5) is 0 Å². The van der Waals surface area contributed by atoms with Gasteiger partial charge in [0.25, 0.3) is 0 Å². The summed E-state index contributed by atoms with van der Waals surface area (Å²) in [6.07, 6.45) is -0.0865. The summed E-state index contributed by atoms with van der Waals surface area (Å²) in [6.45, 7) is 0. The summed E-state index contributed by atoms with van der Waals surface area (Å²) in [5.41, 5.74) is 1.23. The molecule has 1 unspecified atom stereocenters. The van der Waals surface area contributed by atoms with Crippen LogP contribution in [0, 0.1) is 0 Å². The minimum Gasteiger partial charge on any atom is -0.481 e. The minimum absolute atomic E-state index is 0.0865. The first-order valence-electron chi connectivity index (χ1n) is 4.18. The number of hydrogen-bond donors (Lipinski definition) is 2. The van der Waals surface area contributed by atoms with Gasteiger partial charge in [-0.15, -0.1) is 0 Å². The molecule has 0 radical (unpaired) electrons. The van der Waals surface area contributed by atoms with Crippen molar-refractivity contribution in [1.82, 2.24) is 0 Å². The molecule has 0 saturated heterocycles. The zero-order chi connectivity index (χ0) is 11.4. The number of aliphatic carboxylic acids is 2. The Bertz CT molecular complexity index is 389. The molecule has 0 heterocycles. The molecule has 0 spiro atoms. The zero-order valence-electron chi connectivity index (χ0n) is 7.68. The van der Waals surface area contributed by atoms with Crippen LogP contribution in [0.15, 0.2) is 24.3 Å². The molecule has 2 N–H and O–H groups in total. The predicted octanol–water partition coefficient (Wildman–Crippen LogP) is 1.87. The average Bonchev–Trinajstić information content (AvgIpc) is 2.16. The number of rotatable bonds is 4. The van der Waals surface area contributed by atoms with E-state index in [-0.39, 0.29) is 6.42 Å². The second kappa shape index (κ2) is 5.11. The highest BCUT2D eigenvalue weighted by molar-refractivity contribution is 14.1. The molecule has 0 aliphatic rings. The van der Waals surface area contributed by atoms with Gasteiger partial charge < -0.3 is 10.2 Å². The summed E-state index contributed by atoms with van der Waals surface area (Å²) >= 11 is 1.80. The van der Waals surface area contributed by atoms with Gasteiger partial charge in [0.05, 0.1) is 6.42 Å². The number of hydrogen-bond acceptors (Lipinski definition) is 2. The second-order valence-electron chi connectivity index (χ2n) is 3.02. The lowest BCUT2D eigenvalue weighted by Crippen LogP contribution is -2.06. The fraction of sp³-hybridized carbons (Fsp3) is 0.200. The predicted molar refractivity (Wildman–Crippen MR) is 62.2 cm³/mol. The number of alkyl halides is 1. The number of halogens is 1. The maximum absolute atomic E-state index is 10.7. The summed E-state index contributed by atoms with van der Waals surface area (Å²) in [6, 6.07) is 6.63. The quantitative estimate of drug-likeness (QED) is 0.656. The standard InChI is InChI=1S/C10H9IO4/c11-9(10(14)15)7-3-1-2-6(4-7)5-8(12)13/h1-4,9H,5H2,(H,12,13)(H,14,15). The number of carboxylic acids is 2. The summed E-state index contributed by atoms with van der Waals surface area (Å²) in [4.78, 5) is 21.2. The van der Waals surface area contributed by atoms with Crippen molar-refractivity contribution in [2.75, 3.05) is 0 Å². The largest absolute Gasteiger partial charge is 0.481 e. The van der Waals surface area contributed by atoms with Crippen molar-refractivity contribution in [1.29, 1.82) is 0 Å². The average molecular weight is 320 g/mol. The SMILES string of the molecule is O=C(O)Cc1cccc(C(I)C(=O)O)c1. The molecule has 1 aromatic rings. The first-order valence-corrected chi connectivity index (χ1v) is 5.43. The van der Waals surface area contributed by atoms with Crippen molar-refractivity contribution in [3.63, 3.8) is 0 Å². The van der Waals surface area contributed by atoms with Crippen molar-refractivity contribution in [2.45, 2.75) is 10.3 Å². The van der Waals surface area contributed by atoms with Gasteiger partial charge in [0, 0.05) is 0 Å². The Morgan fingerprint density at radius 3 is 2.53 bits per heavy atom. The third-order valence-electron chi connectivity index (χ3n) is 1.82. The molecule has 0 aliphatic heterocycles. The molecule has 0 aromatic heterocycles. The molecular formula is C10H9IO4. The van der Waals surface area contributed by atoms with Crippen LogP contribution in [-0.4, -0.2) is 22.2 Å². The van der Waals surface area contributed by atoms with Crippen molar-refractivity contribution < 1.29 is 19.8 Å². The van der Waals surface area contributed by atoms with E-state index in [2.05, 4.69) is 0 Å². The number of carbonyl (C=O) groups is 2. The van der Waals surface area contributed by atoms with Gasteiger partial charge in [0.1, 0.15) is 3.92 Å². The van der Waals surface area contributed by atoms with Gasteiger partial charge >= 0.3 is 11.9 Å². The molecule has 80 valence electrons. The van der Waals surface area contributed by atoms with Crippen LogP contribution >= 0.6 is 22.6 Å². The number of benzene rings is 1. The van der Waals surface area contributed by atoms with Gasteiger partial charge in [0.2, 0.25) is 0 Å². The smallest absolute Gasteiger partial charge is 0.320 e. The first kappa shape index (κ1) is 12.0. The van der Waals surface area contributed by atoms with Gasteiger partial charge in [-0.05, 0) is 11.1 Å². The van der Waals surface area contributed by atoms with Crippen LogP contribution < -0.4 is 0 Å². The van der Waals surface area contributed by atoms with E-state index in [1.807, 2.05) is 0 Å². The summed E-state index contributed by atoms with van der Waals surface area (Å²) in [5.74, 6) is -1.85. The molecule has 1 aromatic carbocycles. The highest BCUT2D eigenvalue weighted by Crippen LogP contribution is 2.24. The lowest BCUT2D eigenvalue weighted by molar-refractivity contribution is -0.137. The van der Waals surface area contributed by atoms with Gasteiger partial charge in [-0.3, -0.25) is 9.59 Å². The maximum Gasteiger partial charge on any atom is 0.320 e. The molecule has 0 aliphatic carbocycles. The lowest BCUT2D eigenvalue weighted by Gasteiger charge is -2.06. The Morgan fingerprint density at radius 2 is 2.00 bits per heavy atom. The van der Waals surface area contributed by atoms with E-state index in [0.29, 0.717) is 11.1 Å². The molecule has 5 heteroatoms. The first-order chi connectivity index (χ1) is 7.00. The van der Waals surface area contributed by atoms with Gasteiger partial charge in [-0.1, -0.05) is 46.9 Å². The Kier molecular flexibility index (Phi) is 4.07. The molecule has 0 amide bonds. The second-order valence-corrected chi connectivity index (χ2v) is 4.26. The van der Waals surface area contributed by atoms with Crippen LogP contribution in [0.3, 0.4) is 0 Å². The normalized spacial score (nSPS) is 12.1. The van der Waals surface area contributed by atoms with E-state index < -0.39 is 15.9 Å². The molecule has 0 fully saturated rings. The van der Waals surface area contributed by atoms with Gasteiger partial charge in [-0.25, -0.2) is 0 Å². The fourth-order valence-corrected chi connectivity index (χ4v) is 1.57. The van der Waals surface area contributed by atoms with E-state index in [9.17, 15) is 9.59 Å². The molecule has 0 saturated carbocycles. The van der Waals surface area contributed by atoms with Gasteiger partial charge in [-0.2, -0.15) is 0 Å². The maximum atomic E-state index is 10.7. The Morgan fingerprint density at radius 1 is 1.33 bits per heavy atom. The van der Waals surface area contributed by atoms with E-state index in [1.54, 1.807) is 46.9 Å². The van der Waals surface area contributed by atoms with Crippen LogP contribution in [-0.2, 0) is 16.0 Å². The third-order valence-corrected chi connectivity index (χ3v) is 3.07. The molecule has 1 atom stereocenters. The van der Waals surface area contributed by atoms with E-state index >= 15 is 0 Å². The molecular weight excluding hydrogens is 311 g/mol. The Labute approximate surface area is 100 Å². The highest BCUT2D eigenvalue weighted by atomic mass is 127. The zero-order valence-corrected chi connectivity index (χ0v) is 9.84. The number of carboxylic acid groups (broad SMARTS) is 2. The summed E-state index contributed by atoms with van der Waals surface area (Å²) < 4.78 is -0.642. The summed E-state index contributed by atoms with van der Waals surface area (Å²) in [5, 5.41) is 17.4. The minimum atomic E-state index is -0.928. The molecule has 0 bridgehead atoms. The topological polar surface area (TPSA) is 74.6 Å². The van der Waals surface area contributed by atoms with Crippen LogP contribution in [0.1, 0.15) is 15.1 Å². The molecule has 1 rings (SSSR count). The highest BCUT2D eigenvalue weighted by Gasteiger charge is 2.15. The van der Waals surface area contributed by atoms with Crippen LogP contribution in [0.5, 0.6) is 0 Å². The molecule has 4 nitrogen and oxygen atoms in total. The Hall–Kier alpha value is -1.11. The van der Waals surface area contributed by atoms with E-state index in [4.69, 9.17) is 10.2 Å². The monoisotopic (exact) mass is 320 g/mol. The molecule has 15 heavy (non-hydrogen) atoms. The van der Waals surface area contributed by atoms with Crippen molar-refractivity contribution in [2.24, 2.45) is 0 Å². The van der Waals surface area contributed by atoms with Crippen molar-refractivity contribution in [3.05, 3.63) is 35.4 Å². The van der Waals surface area contributed by atoms with Crippen LogP contribution in [0.25, 0.3) is 0 Å². The van der Waals surface area contributed by atoms with Crippen LogP contribution in [0.2, 0.25) is 0 Å². The van der Waals surface area contributed by atoms with Crippen molar-refractivity contribution >= 4 is 34.5 Å². The summed E-state index contributed by atoms with van der Waals surface area (Å²) in [7, 11) is 0. The van der Waals surface area contributed by atoms with E-state index in [0.717, 1.165) is 0 Å².